The summed E-state index contributed by atoms with van der Waals surface area (Å²) in [7, 11) is 0. The van der Waals surface area contributed by atoms with Crippen LogP contribution in [-0.2, 0) is 0 Å². The summed E-state index contributed by atoms with van der Waals surface area (Å²) in [6.45, 7) is 3.76. The van der Waals surface area contributed by atoms with E-state index in [4.69, 9.17) is 4.74 Å². The molecule has 3 heteroatoms. The molecule has 0 aromatic heterocycles. The molecule has 0 aliphatic heterocycles. The summed E-state index contributed by atoms with van der Waals surface area (Å²) >= 11 is 3.44. The molecule has 1 N–H and O–H groups in total. The summed E-state index contributed by atoms with van der Waals surface area (Å²) in [6, 6.07) is 13.5. The van der Waals surface area contributed by atoms with Crippen LogP contribution in [0.1, 0.15) is 24.2 Å². The average molecular weight is 307 g/mol. The maximum absolute atomic E-state index is 9.55. The highest BCUT2D eigenvalue weighted by atomic mass is 79.9. The summed E-state index contributed by atoms with van der Waals surface area (Å²) in [5.74, 6) is 1.56. The Hall–Kier alpha value is -1.32. The monoisotopic (exact) mass is 306 g/mol. The molecule has 1 atom stereocenters. The normalized spacial score (nSPS) is 12.2. The molecule has 0 bridgehead atoms. The van der Waals surface area contributed by atoms with Crippen LogP contribution in [-0.4, -0.2) is 5.11 Å². The summed E-state index contributed by atoms with van der Waals surface area (Å²) in [5, 5.41) is 9.55. The van der Waals surface area contributed by atoms with Gasteiger partial charge in [0.25, 0.3) is 0 Å². The lowest BCUT2D eigenvalue weighted by Gasteiger charge is -2.11. The number of hydrogen-bond donors (Lipinski definition) is 1. The van der Waals surface area contributed by atoms with Crippen molar-refractivity contribution >= 4 is 15.9 Å². The van der Waals surface area contributed by atoms with E-state index >= 15 is 0 Å². The molecule has 0 unspecified atom stereocenters. The van der Waals surface area contributed by atoms with Gasteiger partial charge in [0.2, 0.25) is 0 Å². The molecule has 2 nitrogen and oxygen atoms in total. The van der Waals surface area contributed by atoms with Crippen LogP contribution in [0.3, 0.4) is 0 Å². The van der Waals surface area contributed by atoms with Crippen molar-refractivity contribution in [2.45, 2.75) is 20.0 Å². The van der Waals surface area contributed by atoms with Gasteiger partial charge in [0, 0.05) is 4.47 Å². The van der Waals surface area contributed by atoms with Crippen molar-refractivity contribution in [1.82, 2.24) is 0 Å². The molecular weight excluding hydrogens is 292 g/mol. The summed E-state index contributed by atoms with van der Waals surface area (Å²) in [6.07, 6.45) is -0.493. The van der Waals surface area contributed by atoms with E-state index in [9.17, 15) is 5.11 Å². The van der Waals surface area contributed by atoms with E-state index in [0.717, 1.165) is 27.1 Å². The quantitative estimate of drug-likeness (QED) is 0.897. The van der Waals surface area contributed by atoms with Crippen LogP contribution >= 0.6 is 15.9 Å². The first-order valence-electron chi connectivity index (χ1n) is 5.78. The number of rotatable bonds is 3. The third-order valence-corrected chi connectivity index (χ3v) is 3.33. The molecule has 94 valence electrons. The van der Waals surface area contributed by atoms with Crippen molar-refractivity contribution in [3.05, 3.63) is 58.1 Å². The van der Waals surface area contributed by atoms with Crippen molar-refractivity contribution in [1.29, 1.82) is 0 Å². The molecule has 18 heavy (non-hydrogen) atoms. The zero-order valence-corrected chi connectivity index (χ0v) is 11.9. The Morgan fingerprint density at radius 3 is 2.44 bits per heavy atom. The van der Waals surface area contributed by atoms with Gasteiger partial charge in [-0.3, -0.25) is 0 Å². The molecule has 2 rings (SSSR count). The first-order valence-corrected chi connectivity index (χ1v) is 6.57. The number of ether oxygens (including phenoxy) is 1. The lowest BCUT2D eigenvalue weighted by molar-refractivity contribution is 0.198. The van der Waals surface area contributed by atoms with Crippen LogP contribution in [0.4, 0.5) is 0 Å². The Bertz CT molecular complexity index is 550. The topological polar surface area (TPSA) is 29.5 Å². The van der Waals surface area contributed by atoms with Crippen LogP contribution in [0.2, 0.25) is 0 Å². The standard InChI is InChI=1S/C15H15BrO2/c1-10-4-3-5-12(8-10)18-13-6-7-14(11(2)17)15(16)9-13/h3-9,11,17H,1-2H3/t11-/m0/s1. The maximum Gasteiger partial charge on any atom is 0.128 e. The smallest absolute Gasteiger partial charge is 0.128 e. The predicted octanol–water partition coefficient (Wildman–Crippen LogP) is 4.60. The molecule has 0 spiro atoms. The second-order valence-corrected chi connectivity index (χ2v) is 5.13. The van der Waals surface area contributed by atoms with E-state index in [1.165, 1.54) is 0 Å². The van der Waals surface area contributed by atoms with Crippen molar-refractivity contribution in [2.75, 3.05) is 0 Å². The van der Waals surface area contributed by atoms with Gasteiger partial charge >= 0.3 is 0 Å². The van der Waals surface area contributed by atoms with Gasteiger partial charge < -0.3 is 9.84 Å². The van der Waals surface area contributed by atoms with Gasteiger partial charge in [0.1, 0.15) is 11.5 Å². The fourth-order valence-corrected chi connectivity index (χ4v) is 2.41. The van der Waals surface area contributed by atoms with Crippen LogP contribution in [0.15, 0.2) is 46.9 Å². The van der Waals surface area contributed by atoms with Crippen LogP contribution in [0, 0.1) is 6.92 Å². The fourth-order valence-electron chi connectivity index (χ4n) is 1.73. The maximum atomic E-state index is 9.55. The van der Waals surface area contributed by atoms with E-state index in [0.29, 0.717) is 0 Å². The van der Waals surface area contributed by atoms with Crippen LogP contribution in [0.5, 0.6) is 11.5 Å². The molecule has 0 aliphatic rings. The first kappa shape index (κ1) is 13.1. The summed E-state index contributed by atoms with van der Waals surface area (Å²) < 4.78 is 6.61. The number of halogens is 1. The molecule has 0 aliphatic carbocycles. The lowest BCUT2D eigenvalue weighted by atomic mass is 10.1. The molecule has 0 saturated heterocycles. The van der Waals surface area contributed by atoms with Gasteiger partial charge in [-0.1, -0.05) is 34.1 Å². The number of benzene rings is 2. The molecule has 0 radical (unpaired) electrons. The number of aliphatic hydroxyl groups excluding tert-OH is 1. The van der Waals surface area contributed by atoms with Gasteiger partial charge in [-0.25, -0.2) is 0 Å². The third-order valence-electron chi connectivity index (χ3n) is 2.65. The van der Waals surface area contributed by atoms with Gasteiger partial charge in [0.05, 0.1) is 6.10 Å². The van der Waals surface area contributed by atoms with Crippen molar-refractivity contribution < 1.29 is 9.84 Å². The Balaban J connectivity index is 2.23. The molecule has 0 heterocycles. The second-order valence-electron chi connectivity index (χ2n) is 4.28. The minimum absolute atomic E-state index is 0.493. The van der Waals surface area contributed by atoms with Crippen molar-refractivity contribution in [2.24, 2.45) is 0 Å². The minimum atomic E-state index is -0.493. The SMILES string of the molecule is Cc1cccc(Oc2ccc([C@H](C)O)c(Br)c2)c1. The summed E-state index contributed by atoms with van der Waals surface area (Å²) in [5.41, 5.74) is 2.01. The van der Waals surface area contributed by atoms with Gasteiger partial charge in [-0.15, -0.1) is 0 Å². The van der Waals surface area contributed by atoms with Gasteiger partial charge in [-0.2, -0.15) is 0 Å². The lowest BCUT2D eigenvalue weighted by Crippen LogP contribution is -1.93. The summed E-state index contributed by atoms with van der Waals surface area (Å²) in [4.78, 5) is 0. The Labute approximate surface area is 115 Å². The Kier molecular flexibility index (Phi) is 4.04. The fraction of sp³-hybridized carbons (Fsp3) is 0.200. The average Bonchev–Trinajstić information content (AvgIpc) is 2.28. The highest BCUT2D eigenvalue weighted by molar-refractivity contribution is 9.10. The molecule has 0 saturated carbocycles. The Morgan fingerprint density at radius 1 is 1.11 bits per heavy atom. The number of aliphatic hydroxyl groups is 1. The van der Waals surface area contributed by atoms with Crippen LogP contribution < -0.4 is 4.74 Å². The molecule has 2 aromatic rings. The van der Waals surface area contributed by atoms with Crippen molar-refractivity contribution in [3.63, 3.8) is 0 Å². The highest BCUT2D eigenvalue weighted by Crippen LogP contribution is 2.30. The molecule has 2 aromatic carbocycles. The van der Waals surface area contributed by atoms with Crippen LogP contribution in [0.25, 0.3) is 0 Å². The van der Waals surface area contributed by atoms with E-state index in [1.807, 2.05) is 49.4 Å². The first-order chi connectivity index (χ1) is 8.56. The number of hydrogen-bond acceptors (Lipinski definition) is 2. The van der Waals surface area contributed by atoms with Gasteiger partial charge in [0.15, 0.2) is 0 Å². The molecule has 0 fully saturated rings. The van der Waals surface area contributed by atoms with E-state index in [-0.39, 0.29) is 0 Å². The zero-order valence-electron chi connectivity index (χ0n) is 10.4. The molecular formula is C15H15BrO2. The molecule has 0 amide bonds. The third kappa shape index (κ3) is 3.12. The second kappa shape index (κ2) is 5.55. The van der Waals surface area contributed by atoms with E-state index in [2.05, 4.69) is 15.9 Å². The van der Waals surface area contributed by atoms with Gasteiger partial charge in [-0.05, 0) is 49.2 Å². The largest absolute Gasteiger partial charge is 0.457 e. The van der Waals surface area contributed by atoms with E-state index < -0.39 is 6.10 Å². The predicted molar refractivity (Wildman–Crippen MR) is 76.0 cm³/mol. The highest BCUT2D eigenvalue weighted by Gasteiger charge is 2.07. The Morgan fingerprint density at radius 2 is 1.83 bits per heavy atom. The van der Waals surface area contributed by atoms with Crippen molar-refractivity contribution in [3.8, 4) is 11.5 Å². The zero-order chi connectivity index (χ0) is 13.1. The number of aryl methyl sites for hydroxylation is 1. The minimum Gasteiger partial charge on any atom is -0.457 e. The van der Waals surface area contributed by atoms with E-state index in [1.54, 1.807) is 6.92 Å².